The largest absolute Gasteiger partial charge is 0.744 e. The maximum atomic E-state index is 12.9. The number of aromatic nitrogens is 1. The quantitative estimate of drug-likeness (QED) is 0.0943. The third-order valence-electron chi connectivity index (χ3n) is 6.59. The van der Waals surface area contributed by atoms with Crippen molar-refractivity contribution in [3.8, 4) is 11.8 Å². The number of nitrogens with zero attached hydrogens (tertiary/aromatic N) is 1. The summed E-state index contributed by atoms with van der Waals surface area (Å²) in [5, 5.41) is 1.93. The first-order chi connectivity index (χ1) is 21.3. The molecule has 0 spiro atoms. The lowest BCUT2D eigenvalue weighted by Crippen LogP contribution is -2.50. The Kier molecular flexibility index (Phi) is 11.3. The van der Waals surface area contributed by atoms with Gasteiger partial charge in [-0.3, -0.25) is 5.84 Å². The number of benzene rings is 2. The third kappa shape index (κ3) is 8.86. The number of hydrogen-bond acceptors (Lipinski definition) is 9. The molecule has 0 amide bonds. The molecule has 2 heterocycles. The molecule has 0 aliphatic carbocycles. The number of methoxy groups -OCH3 is 1. The number of nitrogen functional groups attached to an aromatic ring is 1. The van der Waals surface area contributed by atoms with Crippen LogP contribution in [-0.4, -0.2) is 34.5 Å². The Morgan fingerprint density at radius 1 is 0.978 bits per heavy atom. The van der Waals surface area contributed by atoms with Crippen LogP contribution in [0.1, 0.15) is 64.0 Å². The van der Waals surface area contributed by atoms with Crippen molar-refractivity contribution in [2.45, 2.75) is 56.7 Å². The van der Waals surface area contributed by atoms with Gasteiger partial charge in [-0.05, 0) is 78.4 Å². The van der Waals surface area contributed by atoms with Gasteiger partial charge in [0, 0.05) is 6.07 Å². The first kappa shape index (κ1) is 36.5. The summed E-state index contributed by atoms with van der Waals surface area (Å²) < 4.78 is 66.6. The Morgan fingerprint density at radius 3 is 2.09 bits per heavy atom. The Hall–Kier alpha value is -3.93. The summed E-state index contributed by atoms with van der Waals surface area (Å²) in [5.74, 6) is 11.4. The molecule has 0 atom stereocenters. The SMILES string of the molecule is COC(=O)c1sccc1C#Cc1c(Cl)ccc(NS(=O)(=O)c2ccc(C(C)(C)C)cc2)[n+]1N.Cc1cc(C)c(S(=O)(=O)[O-])c(C)c1. The summed E-state index contributed by atoms with van der Waals surface area (Å²) in [6, 6.07) is 14.6. The fourth-order valence-corrected chi connectivity index (χ4v) is 7.35. The number of anilines is 1. The Morgan fingerprint density at radius 2 is 1.57 bits per heavy atom. The number of rotatable bonds is 5. The van der Waals surface area contributed by atoms with E-state index in [9.17, 15) is 26.2 Å². The lowest BCUT2D eigenvalue weighted by Gasteiger charge is -2.18. The first-order valence-corrected chi connectivity index (χ1v) is 17.8. The highest BCUT2D eigenvalue weighted by molar-refractivity contribution is 7.92. The van der Waals surface area contributed by atoms with Crippen molar-refractivity contribution < 1.29 is 35.6 Å². The summed E-state index contributed by atoms with van der Waals surface area (Å²) in [5.41, 5.74) is 3.53. The number of hydrogen-bond donors (Lipinski definition) is 2. The average molecular weight is 704 g/mol. The number of pyridine rings is 1. The van der Waals surface area contributed by atoms with Crippen molar-refractivity contribution in [1.29, 1.82) is 0 Å². The van der Waals surface area contributed by atoms with Gasteiger partial charge in [-0.1, -0.05) is 68.1 Å². The lowest BCUT2D eigenvalue weighted by atomic mass is 9.87. The number of halogens is 1. The van der Waals surface area contributed by atoms with Crippen molar-refractivity contribution in [2.24, 2.45) is 0 Å². The standard InChI is InChI=1S/C23H22ClN3O4S2.C9H12O3S/c1-23(2,3)16-6-8-17(9-7-16)33(29,30)26-20-12-10-18(24)19(27(20)25)11-5-15-13-14-32-21(15)22(28)31-4;1-6-4-7(2)9(8(3)5-6)13(10,11)12/h6-10,12-14H,25H2,1-4H3;4-5H,1-3H3,(H,10,11,12). The van der Waals surface area contributed by atoms with Crippen molar-refractivity contribution in [3.63, 3.8) is 0 Å². The molecule has 4 rings (SSSR count). The smallest absolute Gasteiger partial charge is 0.349 e. The van der Waals surface area contributed by atoms with Gasteiger partial charge in [-0.2, -0.15) is 13.1 Å². The van der Waals surface area contributed by atoms with Crippen LogP contribution in [0.5, 0.6) is 0 Å². The van der Waals surface area contributed by atoms with Crippen molar-refractivity contribution in [2.75, 3.05) is 17.7 Å². The van der Waals surface area contributed by atoms with E-state index in [4.69, 9.17) is 22.2 Å². The molecule has 2 aromatic carbocycles. The molecule has 46 heavy (non-hydrogen) atoms. The Labute approximate surface area is 279 Å². The predicted octanol–water partition coefficient (Wildman–Crippen LogP) is 5.20. The zero-order valence-corrected chi connectivity index (χ0v) is 29.5. The summed E-state index contributed by atoms with van der Waals surface area (Å²) in [7, 11) is -6.95. The van der Waals surface area contributed by atoms with Crippen molar-refractivity contribution in [1.82, 2.24) is 0 Å². The molecule has 0 bridgehead atoms. The molecule has 0 radical (unpaired) electrons. The van der Waals surface area contributed by atoms with Crippen LogP contribution in [0.25, 0.3) is 0 Å². The minimum Gasteiger partial charge on any atom is -0.744 e. The van der Waals surface area contributed by atoms with Gasteiger partial charge in [0.15, 0.2) is 0 Å². The summed E-state index contributed by atoms with van der Waals surface area (Å²) in [6.07, 6.45) is 0. The molecule has 14 heteroatoms. The molecule has 0 saturated carbocycles. The molecule has 0 aliphatic rings. The molecule has 10 nitrogen and oxygen atoms in total. The van der Waals surface area contributed by atoms with Crippen LogP contribution >= 0.6 is 22.9 Å². The van der Waals surface area contributed by atoms with Crippen LogP contribution in [0.15, 0.2) is 69.8 Å². The minimum absolute atomic E-state index is 0.0714. The first-order valence-electron chi connectivity index (χ1n) is 13.6. The number of sulfonamides is 1. The fourth-order valence-electron chi connectivity index (χ4n) is 4.43. The molecule has 4 aromatic rings. The second-order valence-electron chi connectivity index (χ2n) is 11.3. The second-order valence-corrected chi connectivity index (χ2v) is 15.6. The number of carbonyl (C=O) groups excluding carboxylic acids is 1. The molecule has 2 aromatic heterocycles. The zero-order valence-electron chi connectivity index (χ0n) is 26.3. The number of ether oxygens (including phenoxy) is 1. The Bertz CT molecular complexity index is 2030. The molecule has 0 unspecified atom stereocenters. The van der Waals surface area contributed by atoms with Crippen molar-refractivity contribution >= 4 is 54.9 Å². The van der Waals surface area contributed by atoms with Crippen LogP contribution in [0.4, 0.5) is 5.82 Å². The zero-order chi connectivity index (χ0) is 34.6. The third-order valence-corrected chi connectivity index (χ3v) is 10.3. The summed E-state index contributed by atoms with van der Waals surface area (Å²) in [4.78, 5) is 12.2. The lowest BCUT2D eigenvalue weighted by molar-refractivity contribution is -0.626. The van der Waals surface area contributed by atoms with Crippen LogP contribution < -0.4 is 15.2 Å². The number of aryl methyl sites for hydroxylation is 3. The van der Waals surface area contributed by atoms with Gasteiger partial charge in [-0.15, -0.1) is 16.0 Å². The topological polar surface area (TPSA) is 160 Å². The van der Waals surface area contributed by atoms with Gasteiger partial charge in [0.05, 0.1) is 22.6 Å². The van der Waals surface area contributed by atoms with Gasteiger partial charge in [0.2, 0.25) is 5.69 Å². The molecular formula is C32H34ClN3O7S3. The highest BCUT2D eigenvalue weighted by atomic mass is 35.5. The van der Waals surface area contributed by atoms with E-state index < -0.39 is 26.1 Å². The van der Waals surface area contributed by atoms with Crippen LogP contribution in [-0.2, 0) is 30.3 Å². The van der Waals surface area contributed by atoms with E-state index >= 15 is 0 Å². The molecule has 0 aliphatic heterocycles. The van der Waals surface area contributed by atoms with E-state index in [1.807, 2.05) is 27.7 Å². The van der Waals surface area contributed by atoms with Crippen LogP contribution in [0.2, 0.25) is 5.02 Å². The van der Waals surface area contributed by atoms with Gasteiger partial charge >= 0.3 is 21.8 Å². The molecule has 3 N–H and O–H groups in total. The molecular weight excluding hydrogens is 670 g/mol. The highest BCUT2D eigenvalue weighted by Crippen LogP contribution is 2.25. The molecule has 0 fully saturated rings. The maximum Gasteiger partial charge on any atom is 0.349 e. The number of carbonyl (C=O) groups is 1. The fraction of sp³-hybridized carbons (Fsp3) is 0.250. The van der Waals surface area contributed by atoms with E-state index in [1.165, 1.54) is 30.6 Å². The maximum absolute atomic E-state index is 12.9. The van der Waals surface area contributed by atoms with E-state index in [2.05, 4.69) is 16.6 Å². The van der Waals surface area contributed by atoms with E-state index in [-0.39, 0.29) is 31.7 Å². The average Bonchev–Trinajstić information content (AvgIpc) is 3.41. The number of nitrogens with one attached hydrogen (secondary N) is 1. The van der Waals surface area contributed by atoms with Gasteiger partial charge in [-0.25, -0.2) is 13.2 Å². The molecule has 0 saturated heterocycles. The van der Waals surface area contributed by atoms with E-state index in [1.54, 1.807) is 61.7 Å². The summed E-state index contributed by atoms with van der Waals surface area (Å²) in [6.45, 7) is 11.3. The van der Waals surface area contributed by atoms with Gasteiger partial charge in [0.25, 0.3) is 0 Å². The highest BCUT2D eigenvalue weighted by Gasteiger charge is 2.25. The number of nitrogens with two attached hydrogens (primary N) is 1. The monoisotopic (exact) mass is 703 g/mol. The van der Waals surface area contributed by atoms with Crippen molar-refractivity contribution in [3.05, 3.63) is 103 Å². The minimum atomic E-state index is -4.33. The number of esters is 1. The summed E-state index contributed by atoms with van der Waals surface area (Å²) >= 11 is 7.45. The van der Waals surface area contributed by atoms with E-state index in [0.29, 0.717) is 21.6 Å². The van der Waals surface area contributed by atoms with Gasteiger partial charge in [0.1, 0.15) is 19.9 Å². The van der Waals surface area contributed by atoms with Crippen LogP contribution in [0, 0.1) is 32.6 Å². The predicted molar refractivity (Wildman–Crippen MR) is 178 cm³/mol. The van der Waals surface area contributed by atoms with Gasteiger partial charge < -0.3 is 9.29 Å². The second kappa shape index (κ2) is 14.2. The van der Waals surface area contributed by atoms with Crippen LogP contribution in [0.3, 0.4) is 0 Å². The Balaban J connectivity index is 0.000000370. The number of thiophene rings is 1. The normalized spacial score (nSPS) is 11.5. The van der Waals surface area contributed by atoms with E-state index in [0.717, 1.165) is 15.8 Å². The molecule has 244 valence electrons.